The van der Waals surface area contributed by atoms with Crippen LogP contribution in [-0.4, -0.2) is 9.97 Å². The molecule has 2 heterocycles. The van der Waals surface area contributed by atoms with Crippen molar-refractivity contribution < 1.29 is 4.42 Å². The molecule has 5 nitrogen and oxygen atoms in total. The molecule has 0 saturated carbocycles. The van der Waals surface area contributed by atoms with Crippen LogP contribution in [0.1, 0.15) is 0 Å². The maximum Gasteiger partial charge on any atom is 0.348 e. The first-order valence-electron chi connectivity index (χ1n) is 8.16. The summed E-state index contributed by atoms with van der Waals surface area (Å²) in [5.74, 6) is 0. The minimum atomic E-state index is -0.663. The second-order valence-electron chi connectivity index (χ2n) is 6.05. The Labute approximate surface area is 146 Å². The number of rotatable bonds is 1. The smallest absolute Gasteiger partial charge is 0.348 e. The first-order chi connectivity index (χ1) is 12.7. The predicted molar refractivity (Wildman–Crippen MR) is 101 cm³/mol. The van der Waals surface area contributed by atoms with E-state index in [1.165, 1.54) is 0 Å². The molecular weight excluding hydrogens is 328 g/mol. The number of nitrogens with zero attached hydrogens (tertiary/aromatic N) is 1. The highest BCUT2D eigenvalue weighted by Gasteiger charge is 2.17. The Bertz CT molecular complexity index is 1420. The summed E-state index contributed by atoms with van der Waals surface area (Å²) in [4.78, 5) is 32.8. The number of nitrogens with one attached hydrogen (secondary N) is 1. The van der Waals surface area contributed by atoms with Crippen LogP contribution in [0.2, 0.25) is 0 Å². The normalized spacial score (nSPS) is 11.4. The first kappa shape index (κ1) is 14.6. The summed E-state index contributed by atoms with van der Waals surface area (Å²) < 4.78 is 5.04. The summed E-state index contributed by atoms with van der Waals surface area (Å²) >= 11 is 0. The fourth-order valence-electron chi connectivity index (χ4n) is 3.35. The molecule has 3 aromatic carbocycles. The van der Waals surface area contributed by atoms with Crippen LogP contribution in [0.15, 0.2) is 80.7 Å². The van der Waals surface area contributed by atoms with Gasteiger partial charge in [0.25, 0.3) is 0 Å². The molecule has 0 saturated heterocycles. The summed E-state index contributed by atoms with van der Waals surface area (Å²) in [6.07, 6.45) is 0. The van der Waals surface area contributed by atoms with E-state index in [1.54, 1.807) is 6.07 Å². The highest BCUT2D eigenvalue weighted by molar-refractivity contribution is 6.09. The lowest BCUT2D eigenvalue weighted by Crippen LogP contribution is -2.14. The van der Waals surface area contributed by atoms with Gasteiger partial charge in [0.15, 0.2) is 0 Å². The third kappa shape index (κ3) is 2.07. The van der Waals surface area contributed by atoms with Gasteiger partial charge >= 0.3 is 11.3 Å². The van der Waals surface area contributed by atoms with Gasteiger partial charge in [-0.15, -0.1) is 0 Å². The average molecular weight is 340 g/mol. The SMILES string of the molecule is O=c1oc(=O)c2c(ccc3nc4ccccc4[nH]c32)c1-c1ccccc1. The zero-order valence-corrected chi connectivity index (χ0v) is 13.5. The molecule has 5 rings (SSSR count). The quantitative estimate of drug-likeness (QED) is 0.371. The van der Waals surface area contributed by atoms with Crippen LogP contribution in [-0.2, 0) is 0 Å². The van der Waals surface area contributed by atoms with Crippen LogP contribution < -0.4 is 11.3 Å². The number of hydrogen-bond donors (Lipinski definition) is 1. The zero-order valence-electron chi connectivity index (χ0n) is 13.5. The molecule has 0 radical (unpaired) electrons. The summed E-state index contributed by atoms with van der Waals surface area (Å²) in [7, 11) is 0. The molecule has 0 fully saturated rings. The van der Waals surface area contributed by atoms with Crippen molar-refractivity contribution in [2.24, 2.45) is 0 Å². The van der Waals surface area contributed by atoms with Crippen molar-refractivity contribution in [1.82, 2.24) is 9.97 Å². The number of H-pyrrole nitrogens is 1. The van der Waals surface area contributed by atoms with Crippen LogP contribution in [0.5, 0.6) is 0 Å². The molecule has 124 valence electrons. The minimum absolute atomic E-state index is 0.333. The molecule has 0 aliphatic rings. The maximum atomic E-state index is 12.5. The Morgan fingerprint density at radius 3 is 2.38 bits per heavy atom. The summed E-state index contributed by atoms with van der Waals surface area (Å²) in [6.45, 7) is 0. The molecule has 0 aliphatic carbocycles. The second-order valence-corrected chi connectivity index (χ2v) is 6.05. The Morgan fingerprint density at radius 2 is 1.54 bits per heavy atom. The van der Waals surface area contributed by atoms with Crippen molar-refractivity contribution in [2.75, 3.05) is 0 Å². The van der Waals surface area contributed by atoms with E-state index in [-0.39, 0.29) is 0 Å². The fraction of sp³-hybridized carbons (Fsp3) is 0. The van der Waals surface area contributed by atoms with Crippen LogP contribution in [0.25, 0.3) is 44.0 Å². The van der Waals surface area contributed by atoms with E-state index in [1.807, 2.05) is 60.7 Å². The molecule has 2 aromatic heterocycles. The number of aromatic nitrogens is 2. The van der Waals surface area contributed by atoms with Gasteiger partial charge in [-0.05, 0) is 23.8 Å². The monoisotopic (exact) mass is 340 g/mol. The summed E-state index contributed by atoms with van der Waals surface area (Å²) in [5.41, 5.74) is 2.59. The third-order valence-electron chi connectivity index (χ3n) is 4.51. The van der Waals surface area contributed by atoms with Crippen LogP contribution >= 0.6 is 0 Å². The van der Waals surface area contributed by atoms with Crippen LogP contribution in [0.3, 0.4) is 0 Å². The lowest BCUT2D eigenvalue weighted by molar-refractivity contribution is 0.485. The van der Waals surface area contributed by atoms with Gasteiger partial charge < -0.3 is 9.40 Å². The van der Waals surface area contributed by atoms with Crippen molar-refractivity contribution in [3.8, 4) is 11.1 Å². The maximum absolute atomic E-state index is 12.5. The van der Waals surface area contributed by atoms with Crippen molar-refractivity contribution in [2.45, 2.75) is 0 Å². The van der Waals surface area contributed by atoms with E-state index in [2.05, 4.69) is 9.97 Å². The molecular formula is C21H12N2O3. The topological polar surface area (TPSA) is 76.0 Å². The van der Waals surface area contributed by atoms with Gasteiger partial charge in [-0.25, -0.2) is 14.6 Å². The lowest BCUT2D eigenvalue weighted by Gasteiger charge is -2.08. The number of benzene rings is 3. The molecule has 0 aliphatic heterocycles. The number of hydrogen-bond acceptors (Lipinski definition) is 4. The van der Waals surface area contributed by atoms with Crippen molar-refractivity contribution in [3.05, 3.63) is 87.6 Å². The third-order valence-corrected chi connectivity index (χ3v) is 4.51. The molecule has 26 heavy (non-hydrogen) atoms. The largest absolute Gasteiger partial charge is 0.386 e. The molecule has 0 atom stereocenters. The van der Waals surface area contributed by atoms with E-state index < -0.39 is 11.3 Å². The molecule has 0 amide bonds. The minimum Gasteiger partial charge on any atom is -0.386 e. The first-order valence-corrected chi connectivity index (χ1v) is 8.16. The summed E-state index contributed by atoms with van der Waals surface area (Å²) in [6, 6.07) is 20.4. The second kappa shape index (κ2) is 5.39. The van der Waals surface area contributed by atoms with Crippen molar-refractivity contribution >= 4 is 32.8 Å². The Morgan fingerprint density at radius 1 is 0.769 bits per heavy atom. The molecule has 0 unspecified atom stereocenters. The van der Waals surface area contributed by atoms with E-state index in [0.717, 1.165) is 11.0 Å². The van der Waals surface area contributed by atoms with E-state index in [0.29, 0.717) is 32.9 Å². The van der Waals surface area contributed by atoms with Gasteiger partial charge in [-0.2, -0.15) is 0 Å². The predicted octanol–water partition coefficient (Wildman–Crippen LogP) is 3.85. The Balaban J connectivity index is 2.00. The van der Waals surface area contributed by atoms with Gasteiger partial charge in [0.1, 0.15) is 0 Å². The molecule has 5 heteroatoms. The van der Waals surface area contributed by atoms with E-state index in [9.17, 15) is 9.59 Å². The average Bonchev–Trinajstić information content (AvgIpc) is 2.66. The van der Waals surface area contributed by atoms with Gasteiger partial charge in [-0.3, -0.25) is 0 Å². The number of fused-ring (bicyclic) bond motifs is 4. The molecule has 0 spiro atoms. The highest BCUT2D eigenvalue weighted by Crippen LogP contribution is 2.28. The zero-order chi connectivity index (χ0) is 17.7. The van der Waals surface area contributed by atoms with Gasteiger partial charge in [0, 0.05) is 5.39 Å². The Kier molecular flexibility index (Phi) is 3.03. The lowest BCUT2D eigenvalue weighted by atomic mass is 10.0. The van der Waals surface area contributed by atoms with E-state index >= 15 is 0 Å². The van der Waals surface area contributed by atoms with Gasteiger partial charge in [0.05, 0.1) is 33.0 Å². The van der Waals surface area contributed by atoms with Gasteiger partial charge in [0.2, 0.25) is 0 Å². The molecule has 0 bridgehead atoms. The van der Waals surface area contributed by atoms with Crippen LogP contribution in [0, 0.1) is 0 Å². The Hall–Kier alpha value is -3.73. The number of aromatic amines is 1. The van der Waals surface area contributed by atoms with Crippen LogP contribution in [0.4, 0.5) is 0 Å². The molecule has 1 N–H and O–H groups in total. The van der Waals surface area contributed by atoms with Crippen molar-refractivity contribution in [3.63, 3.8) is 0 Å². The summed E-state index contributed by atoms with van der Waals surface area (Å²) in [5, 5.41) is 0.887. The standard InChI is InChI=1S/C21H12N2O3/c24-20-17(12-6-2-1-3-7-12)13-10-11-16-19(18(13)21(25)26-20)23-15-9-5-4-8-14(15)22-16/h1-11,23H. The van der Waals surface area contributed by atoms with E-state index in [4.69, 9.17) is 4.42 Å². The molecule has 5 aromatic rings. The number of para-hydroxylation sites is 2. The van der Waals surface area contributed by atoms with Gasteiger partial charge in [-0.1, -0.05) is 48.5 Å². The van der Waals surface area contributed by atoms with Crippen molar-refractivity contribution in [1.29, 1.82) is 0 Å². The fourth-order valence-corrected chi connectivity index (χ4v) is 3.35. The highest BCUT2D eigenvalue weighted by atomic mass is 16.4.